The first-order valence-corrected chi connectivity index (χ1v) is 6.28. The summed E-state index contributed by atoms with van der Waals surface area (Å²) >= 11 is 11.8. The van der Waals surface area contributed by atoms with Crippen molar-refractivity contribution in [2.24, 2.45) is 5.73 Å². The molecule has 0 aromatic heterocycles. The fraction of sp³-hybridized carbons (Fsp3) is 0.417. The number of methoxy groups -OCH3 is 1. The molecule has 4 nitrogen and oxygen atoms in total. The molecule has 0 heterocycles. The number of ether oxygens (including phenoxy) is 1. The Morgan fingerprint density at radius 2 is 2.22 bits per heavy atom. The summed E-state index contributed by atoms with van der Waals surface area (Å²) in [5, 5.41) is 3.93. The molecule has 1 aromatic carbocycles. The summed E-state index contributed by atoms with van der Waals surface area (Å²) in [6.07, 6.45) is 0.0219. The number of carbonyl (C=O) groups is 1. The molecule has 3 N–H and O–H groups in total. The van der Waals surface area contributed by atoms with E-state index < -0.39 is 6.10 Å². The molecule has 0 saturated carbocycles. The second kappa shape index (κ2) is 7.59. The third kappa shape index (κ3) is 4.46. The molecule has 0 aliphatic rings. The van der Waals surface area contributed by atoms with E-state index in [0.717, 1.165) is 5.56 Å². The maximum absolute atomic E-state index is 11.6. The lowest BCUT2D eigenvalue weighted by Gasteiger charge is -2.13. The smallest absolute Gasteiger partial charge is 0.250 e. The largest absolute Gasteiger partial charge is 0.370 e. The molecule has 0 bridgehead atoms. The van der Waals surface area contributed by atoms with Crippen LogP contribution in [0.3, 0.4) is 0 Å². The molecule has 0 aliphatic heterocycles. The third-order valence-electron chi connectivity index (χ3n) is 2.50. The minimum Gasteiger partial charge on any atom is -0.370 e. The molecule has 1 unspecified atom stereocenters. The summed E-state index contributed by atoms with van der Waals surface area (Å²) in [4.78, 5) is 11.6. The minimum atomic E-state index is -0.606. The molecule has 100 valence electrons. The quantitative estimate of drug-likeness (QED) is 0.837. The maximum Gasteiger partial charge on any atom is 0.250 e. The number of benzene rings is 1. The minimum absolute atomic E-state index is 0.157. The van der Waals surface area contributed by atoms with E-state index in [4.69, 9.17) is 33.7 Å². The van der Waals surface area contributed by atoms with E-state index in [2.05, 4.69) is 5.32 Å². The van der Waals surface area contributed by atoms with Gasteiger partial charge in [0.25, 0.3) is 0 Å². The van der Waals surface area contributed by atoms with Crippen LogP contribution in [0, 0.1) is 0 Å². The molecule has 1 amide bonds. The summed E-state index contributed by atoms with van der Waals surface area (Å²) in [7, 11) is 1.45. The number of carbonyl (C=O) groups excluding carboxylic acids is 1. The van der Waals surface area contributed by atoms with Crippen molar-refractivity contribution in [2.75, 3.05) is 20.2 Å². The Bertz CT molecular complexity index is 409. The van der Waals surface area contributed by atoms with Crippen LogP contribution in [0.5, 0.6) is 0 Å². The van der Waals surface area contributed by atoms with Crippen molar-refractivity contribution in [3.05, 3.63) is 33.8 Å². The monoisotopic (exact) mass is 290 g/mol. The first-order chi connectivity index (χ1) is 8.58. The molecule has 0 aliphatic carbocycles. The van der Waals surface area contributed by atoms with Gasteiger partial charge in [-0.15, -0.1) is 0 Å². The molecule has 0 fully saturated rings. The van der Waals surface area contributed by atoms with Gasteiger partial charge in [-0.3, -0.25) is 4.79 Å². The summed E-state index contributed by atoms with van der Waals surface area (Å²) < 4.78 is 4.92. The number of hydrogen-bond donors (Lipinski definition) is 2. The number of rotatable bonds is 6. The highest BCUT2D eigenvalue weighted by molar-refractivity contribution is 6.35. The number of amides is 1. The van der Waals surface area contributed by atoms with Gasteiger partial charge in [-0.05, 0) is 24.1 Å². The summed E-state index contributed by atoms with van der Waals surface area (Å²) in [5.41, 5.74) is 6.32. The van der Waals surface area contributed by atoms with Gasteiger partial charge >= 0.3 is 0 Å². The van der Waals surface area contributed by atoms with Crippen molar-refractivity contribution in [3.8, 4) is 0 Å². The standard InChI is InChI=1S/C12H16Cl2N2O2/c1-18-11(7-15)12(17)16-5-4-8-2-3-9(13)6-10(8)14/h2-3,6,11H,4-5,7,15H2,1H3,(H,16,17). The Hall–Kier alpha value is -0.810. The first kappa shape index (κ1) is 15.2. The van der Waals surface area contributed by atoms with Crippen molar-refractivity contribution < 1.29 is 9.53 Å². The zero-order valence-electron chi connectivity index (χ0n) is 10.1. The van der Waals surface area contributed by atoms with E-state index in [1.54, 1.807) is 12.1 Å². The van der Waals surface area contributed by atoms with Crippen LogP contribution in [0.15, 0.2) is 18.2 Å². The fourth-order valence-electron chi connectivity index (χ4n) is 1.47. The van der Waals surface area contributed by atoms with Crippen LogP contribution >= 0.6 is 23.2 Å². The lowest BCUT2D eigenvalue weighted by Crippen LogP contribution is -2.41. The van der Waals surface area contributed by atoms with Crippen molar-refractivity contribution in [2.45, 2.75) is 12.5 Å². The Kier molecular flexibility index (Phi) is 6.43. The predicted octanol–water partition coefficient (Wildman–Crippen LogP) is 1.63. The number of nitrogens with one attached hydrogen (secondary N) is 1. The lowest BCUT2D eigenvalue weighted by molar-refractivity contribution is -0.130. The van der Waals surface area contributed by atoms with Gasteiger partial charge in [0.15, 0.2) is 0 Å². The highest BCUT2D eigenvalue weighted by Gasteiger charge is 2.14. The normalized spacial score (nSPS) is 12.2. The van der Waals surface area contributed by atoms with Crippen molar-refractivity contribution in [1.29, 1.82) is 0 Å². The third-order valence-corrected chi connectivity index (χ3v) is 3.09. The molecule has 1 aromatic rings. The fourth-order valence-corrected chi connectivity index (χ4v) is 1.97. The SMILES string of the molecule is COC(CN)C(=O)NCCc1ccc(Cl)cc1Cl. The Balaban J connectivity index is 2.44. The van der Waals surface area contributed by atoms with Gasteiger partial charge in [0.1, 0.15) is 6.10 Å². The van der Waals surface area contributed by atoms with E-state index in [9.17, 15) is 4.79 Å². The topological polar surface area (TPSA) is 64.3 Å². The average molecular weight is 291 g/mol. The molecule has 18 heavy (non-hydrogen) atoms. The molecule has 6 heteroatoms. The van der Waals surface area contributed by atoms with E-state index >= 15 is 0 Å². The van der Waals surface area contributed by atoms with Crippen LogP contribution < -0.4 is 11.1 Å². The molecular formula is C12H16Cl2N2O2. The van der Waals surface area contributed by atoms with Crippen molar-refractivity contribution in [3.63, 3.8) is 0 Å². The van der Waals surface area contributed by atoms with Crippen LogP contribution in [0.25, 0.3) is 0 Å². The van der Waals surface area contributed by atoms with E-state index in [-0.39, 0.29) is 12.5 Å². The second-order valence-electron chi connectivity index (χ2n) is 3.74. The van der Waals surface area contributed by atoms with E-state index in [0.29, 0.717) is 23.0 Å². The van der Waals surface area contributed by atoms with Crippen LogP contribution in [0.1, 0.15) is 5.56 Å². The van der Waals surface area contributed by atoms with Gasteiger partial charge in [-0.2, -0.15) is 0 Å². The highest BCUT2D eigenvalue weighted by atomic mass is 35.5. The number of halogens is 2. The summed E-state index contributed by atoms with van der Waals surface area (Å²) in [6.45, 7) is 0.629. The molecule has 1 rings (SSSR count). The van der Waals surface area contributed by atoms with Crippen LogP contribution in [0.2, 0.25) is 10.0 Å². The molecule has 0 saturated heterocycles. The molecular weight excluding hydrogens is 275 g/mol. The van der Waals surface area contributed by atoms with Gasteiger partial charge in [0.05, 0.1) is 0 Å². The van der Waals surface area contributed by atoms with E-state index in [1.807, 2.05) is 6.07 Å². The van der Waals surface area contributed by atoms with Gasteiger partial charge < -0.3 is 15.8 Å². The zero-order chi connectivity index (χ0) is 13.5. The van der Waals surface area contributed by atoms with Gasteiger partial charge in [-0.1, -0.05) is 29.3 Å². The van der Waals surface area contributed by atoms with Crippen LogP contribution in [0.4, 0.5) is 0 Å². The van der Waals surface area contributed by atoms with Gasteiger partial charge in [-0.25, -0.2) is 0 Å². The van der Waals surface area contributed by atoms with Gasteiger partial charge in [0, 0.05) is 30.2 Å². The number of nitrogens with two attached hydrogens (primary N) is 1. The molecule has 1 atom stereocenters. The van der Waals surface area contributed by atoms with Crippen molar-refractivity contribution in [1.82, 2.24) is 5.32 Å². The van der Waals surface area contributed by atoms with E-state index in [1.165, 1.54) is 7.11 Å². The summed E-state index contributed by atoms with van der Waals surface area (Å²) in [5.74, 6) is -0.218. The second-order valence-corrected chi connectivity index (χ2v) is 4.58. The molecule has 0 radical (unpaired) electrons. The number of hydrogen-bond acceptors (Lipinski definition) is 3. The average Bonchev–Trinajstić information content (AvgIpc) is 2.33. The summed E-state index contributed by atoms with van der Waals surface area (Å²) in [6, 6.07) is 5.29. The highest BCUT2D eigenvalue weighted by Crippen LogP contribution is 2.20. The Morgan fingerprint density at radius 3 is 2.78 bits per heavy atom. The zero-order valence-corrected chi connectivity index (χ0v) is 11.6. The Labute approximate surface area is 116 Å². The van der Waals surface area contributed by atoms with Crippen LogP contribution in [-0.2, 0) is 16.0 Å². The van der Waals surface area contributed by atoms with Gasteiger partial charge in [0.2, 0.25) is 5.91 Å². The molecule has 0 spiro atoms. The van der Waals surface area contributed by atoms with Crippen LogP contribution in [-0.4, -0.2) is 32.2 Å². The Morgan fingerprint density at radius 1 is 1.50 bits per heavy atom. The first-order valence-electron chi connectivity index (χ1n) is 5.53. The van der Waals surface area contributed by atoms with Crippen molar-refractivity contribution >= 4 is 29.1 Å². The maximum atomic E-state index is 11.6. The predicted molar refractivity (Wildman–Crippen MR) is 73.0 cm³/mol. The lowest BCUT2D eigenvalue weighted by atomic mass is 10.1.